The number of imide groups is 1. The molecule has 1 aromatic rings. The van der Waals surface area contributed by atoms with Gasteiger partial charge in [-0.1, -0.05) is 37.3 Å². The fourth-order valence-corrected chi connectivity index (χ4v) is 3.44. The Hall–Kier alpha value is -2.70. The lowest BCUT2D eigenvalue weighted by Crippen LogP contribution is -2.49. The molecule has 2 fully saturated rings. The Morgan fingerprint density at radius 3 is 2.50 bits per heavy atom. The van der Waals surface area contributed by atoms with Crippen molar-refractivity contribution in [1.29, 1.82) is 0 Å². The molecule has 0 radical (unpaired) electrons. The molecule has 1 heterocycles. The summed E-state index contributed by atoms with van der Waals surface area (Å²) in [4.78, 5) is 49.7. The van der Waals surface area contributed by atoms with E-state index in [2.05, 4.69) is 12.2 Å². The number of ketones is 1. The van der Waals surface area contributed by atoms with Gasteiger partial charge in [0.2, 0.25) is 0 Å². The lowest BCUT2D eigenvalue weighted by molar-refractivity contribution is -0.147. The van der Waals surface area contributed by atoms with Crippen LogP contribution in [0, 0.1) is 5.92 Å². The van der Waals surface area contributed by atoms with E-state index in [1.54, 1.807) is 30.3 Å². The second kappa shape index (κ2) is 7.27. The Balaban J connectivity index is 1.55. The van der Waals surface area contributed by atoms with Gasteiger partial charge in [0.1, 0.15) is 12.1 Å². The quantitative estimate of drug-likeness (QED) is 0.493. The van der Waals surface area contributed by atoms with Crippen molar-refractivity contribution < 1.29 is 23.9 Å². The molecule has 1 aliphatic heterocycles. The molecule has 7 nitrogen and oxygen atoms in total. The van der Waals surface area contributed by atoms with E-state index in [0.717, 1.165) is 17.7 Å². The standard InChI is InChI=1S/C19H22N2O5/c1-13-7-9-19(10-8-13)17(24)21(18(25)20-19)11-16(23)26-12-15(22)14-5-3-2-4-6-14/h2-6,13H,7-12H2,1H3,(H,20,25). The third kappa shape index (κ3) is 3.61. The maximum atomic E-state index is 12.7. The van der Waals surface area contributed by atoms with Gasteiger partial charge in [-0.25, -0.2) is 4.79 Å². The molecule has 0 unspecified atom stereocenters. The summed E-state index contributed by atoms with van der Waals surface area (Å²) >= 11 is 0. The number of benzene rings is 1. The van der Waals surface area contributed by atoms with Crippen molar-refractivity contribution in [1.82, 2.24) is 10.2 Å². The minimum absolute atomic E-state index is 0.339. The van der Waals surface area contributed by atoms with Gasteiger partial charge in [-0.3, -0.25) is 19.3 Å². The van der Waals surface area contributed by atoms with Crippen molar-refractivity contribution in [2.24, 2.45) is 5.92 Å². The Kier molecular flexibility index (Phi) is 5.06. The maximum Gasteiger partial charge on any atom is 0.326 e. The van der Waals surface area contributed by atoms with Gasteiger partial charge < -0.3 is 10.1 Å². The molecule has 0 atom stereocenters. The number of urea groups is 1. The summed E-state index contributed by atoms with van der Waals surface area (Å²) in [7, 11) is 0. The number of amides is 3. The molecule has 0 bridgehead atoms. The number of esters is 1. The van der Waals surface area contributed by atoms with Crippen molar-refractivity contribution in [3.63, 3.8) is 0 Å². The molecular weight excluding hydrogens is 336 g/mol. The fourth-order valence-electron chi connectivity index (χ4n) is 3.44. The van der Waals surface area contributed by atoms with E-state index in [0.29, 0.717) is 24.3 Å². The molecule has 1 spiro atoms. The summed E-state index contributed by atoms with van der Waals surface area (Å²) in [6.07, 6.45) is 2.87. The molecule has 1 aliphatic carbocycles. The summed E-state index contributed by atoms with van der Waals surface area (Å²) < 4.78 is 4.95. The summed E-state index contributed by atoms with van der Waals surface area (Å²) in [6, 6.07) is 7.89. The number of carbonyl (C=O) groups excluding carboxylic acids is 4. The molecule has 0 aromatic heterocycles. The maximum absolute atomic E-state index is 12.7. The Labute approximate surface area is 151 Å². The molecule has 2 aliphatic rings. The second-order valence-corrected chi connectivity index (χ2v) is 7.04. The number of hydrogen-bond donors (Lipinski definition) is 1. The summed E-state index contributed by atoms with van der Waals surface area (Å²) in [5.41, 5.74) is -0.449. The predicted octanol–water partition coefficient (Wildman–Crippen LogP) is 1.91. The van der Waals surface area contributed by atoms with Crippen LogP contribution in [0.4, 0.5) is 4.79 Å². The van der Waals surface area contributed by atoms with Gasteiger partial charge in [-0.15, -0.1) is 0 Å². The monoisotopic (exact) mass is 358 g/mol. The van der Waals surface area contributed by atoms with Crippen LogP contribution in [0.15, 0.2) is 30.3 Å². The zero-order chi connectivity index (χ0) is 18.7. The average Bonchev–Trinajstić information content (AvgIpc) is 2.87. The molecular formula is C19H22N2O5. The van der Waals surface area contributed by atoms with E-state index in [4.69, 9.17) is 4.74 Å². The molecule has 138 valence electrons. The number of nitrogens with zero attached hydrogens (tertiary/aromatic N) is 1. The number of carbonyl (C=O) groups is 4. The highest BCUT2D eigenvalue weighted by Gasteiger charge is 2.52. The third-order valence-electron chi connectivity index (χ3n) is 5.12. The number of Topliss-reactive ketones (excluding diaryl/α,β-unsaturated/α-hetero) is 1. The lowest BCUT2D eigenvalue weighted by atomic mass is 9.77. The first kappa shape index (κ1) is 18.1. The van der Waals surface area contributed by atoms with Crippen LogP contribution in [-0.2, 0) is 14.3 Å². The van der Waals surface area contributed by atoms with E-state index >= 15 is 0 Å². The van der Waals surface area contributed by atoms with Gasteiger partial charge in [0.15, 0.2) is 12.4 Å². The van der Waals surface area contributed by atoms with Crippen LogP contribution in [0.3, 0.4) is 0 Å². The van der Waals surface area contributed by atoms with Crippen LogP contribution in [0.5, 0.6) is 0 Å². The van der Waals surface area contributed by atoms with E-state index in [1.165, 1.54) is 0 Å². The van der Waals surface area contributed by atoms with Crippen molar-refractivity contribution in [2.75, 3.05) is 13.2 Å². The van der Waals surface area contributed by atoms with Crippen molar-refractivity contribution >= 4 is 23.7 Å². The molecule has 26 heavy (non-hydrogen) atoms. The molecule has 1 N–H and O–H groups in total. The fraction of sp³-hybridized carbons (Fsp3) is 0.474. The van der Waals surface area contributed by atoms with Gasteiger partial charge in [0.25, 0.3) is 5.91 Å². The van der Waals surface area contributed by atoms with Gasteiger partial charge in [0.05, 0.1) is 0 Å². The van der Waals surface area contributed by atoms with Gasteiger partial charge in [-0.05, 0) is 31.6 Å². The molecule has 1 saturated heterocycles. The highest BCUT2D eigenvalue weighted by molar-refractivity contribution is 6.08. The Morgan fingerprint density at radius 1 is 1.19 bits per heavy atom. The molecule has 1 aromatic carbocycles. The summed E-state index contributed by atoms with van der Waals surface area (Å²) in [6.45, 7) is 1.21. The van der Waals surface area contributed by atoms with Crippen LogP contribution >= 0.6 is 0 Å². The van der Waals surface area contributed by atoms with Crippen molar-refractivity contribution in [3.05, 3.63) is 35.9 Å². The number of hydrogen-bond acceptors (Lipinski definition) is 5. The van der Waals surface area contributed by atoms with E-state index < -0.39 is 30.7 Å². The van der Waals surface area contributed by atoms with Crippen LogP contribution in [0.25, 0.3) is 0 Å². The van der Waals surface area contributed by atoms with E-state index in [-0.39, 0.29) is 11.7 Å². The van der Waals surface area contributed by atoms with Gasteiger partial charge >= 0.3 is 12.0 Å². The normalized spacial score (nSPS) is 25.3. The van der Waals surface area contributed by atoms with Crippen molar-refractivity contribution in [3.8, 4) is 0 Å². The zero-order valence-electron chi connectivity index (χ0n) is 14.7. The number of ether oxygens (including phenoxy) is 1. The van der Waals surface area contributed by atoms with Gasteiger partial charge in [-0.2, -0.15) is 0 Å². The Bertz CT molecular complexity index is 723. The lowest BCUT2D eigenvalue weighted by Gasteiger charge is -2.33. The van der Waals surface area contributed by atoms with Crippen molar-refractivity contribution in [2.45, 2.75) is 38.1 Å². The highest BCUT2D eigenvalue weighted by atomic mass is 16.5. The van der Waals surface area contributed by atoms with Gasteiger partial charge in [0, 0.05) is 5.56 Å². The van der Waals surface area contributed by atoms with Crippen LogP contribution in [0.1, 0.15) is 43.0 Å². The molecule has 1 saturated carbocycles. The molecule has 3 amide bonds. The third-order valence-corrected chi connectivity index (χ3v) is 5.12. The molecule has 3 rings (SSSR count). The zero-order valence-corrected chi connectivity index (χ0v) is 14.7. The largest absolute Gasteiger partial charge is 0.456 e. The number of rotatable bonds is 5. The van der Waals surface area contributed by atoms with Crippen LogP contribution in [0.2, 0.25) is 0 Å². The van der Waals surface area contributed by atoms with E-state index in [9.17, 15) is 19.2 Å². The predicted molar refractivity (Wildman–Crippen MR) is 92.3 cm³/mol. The van der Waals surface area contributed by atoms with Crippen LogP contribution < -0.4 is 5.32 Å². The summed E-state index contributed by atoms with van der Waals surface area (Å²) in [5.74, 6) is -0.970. The SMILES string of the molecule is CC1CCC2(CC1)NC(=O)N(CC(=O)OCC(=O)c1ccccc1)C2=O. The summed E-state index contributed by atoms with van der Waals surface area (Å²) in [5, 5.41) is 2.75. The smallest absolute Gasteiger partial charge is 0.326 e. The molecule has 7 heteroatoms. The highest BCUT2D eigenvalue weighted by Crippen LogP contribution is 2.36. The first-order valence-corrected chi connectivity index (χ1v) is 8.79. The average molecular weight is 358 g/mol. The number of nitrogens with one attached hydrogen (secondary N) is 1. The van der Waals surface area contributed by atoms with Crippen LogP contribution in [-0.4, -0.2) is 47.3 Å². The minimum atomic E-state index is -0.885. The minimum Gasteiger partial charge on any atom is -0.456 e. The Morgan fingerprint density at radius 2 is 1.85 bits per heavy atom. The topological polar surface area (TPSA) is 92.8 Å². The first-order valence-electron chi connectivity index (χ1n) is 8.79. The first-order chi connectivity index (χ1) is 12.4. The van der Waals surface area contributed by atoms with E-state index in [1.807, 2.05) is 0 Å². The second-order valence-electron chi connectivity index (χ2n) is 7.04.